The quantitative estimate of drug-likeness (QED) is 0.586. The van der Waals surface area contributed by atoms with Crippen molar-refractivity contribution in [2.24, 2.45) is 5.73 Å². The zero-order chi connectivity index (χ0) is 17.9. The molecule has 26 heavy (non-hydrogen) atoms. The van der Waals surface area contributed by atoms with E-state index in [1.807, 2.05) is 0 Å². The van der Waals surface area contributed by atoms with Crippen molar-refractivity contribution in [2.45, 2.75) is 44.6 Å². The molecular formula is C20H28N6. The zero-order valence-electron chi connectivity index (χ0n) is 15.2. The second-order valence-corrected chi connectivity index (χ2v) is 7.45. The van der Waals surface area contributed by atoms with Gasteiger partial charge in [0.2, 0.25) is 5.96 Å². The van der Waals surface area contributed by atoms with Gasteiger partial charge in [-0.2, -0.15) is 9.78 Å². The number of benzene rings is 1. The SMILES string of the molecule is N=C(N)n1nc(C2CCCN(Cc3ccccc3)C2)c2c1NCCCC2. The van der Waals surface area contributed by atoms with Crippen LogP contribution in [0, 0.1) is 5.41 Å². The topological polar surface area (TPSA) is 83.0 Å². The Balaban J connectivity index is 1.57. The molecule has 1 aromatic heterocycles. The summed E-state index contributed by atoms with van der Waals surface area (Å²) in [5.41, 5.74) is 9.60. The molecule has 1 aromatic carbocycles. The van der Waals surface area contributed by atoms with Crippen LogP contribution in [0.15, 0.2) is 30.3 Å². The first kappa shape index (κ1) is 17.1. The highest BCUT2D eigenvalue weighted by Crippen LogP contribution is 2.34. The molecule has 1 unspecified atom stereocenters. The summed E-state index contributed by atoms with van der Waals surface area (Å²) < 4.78 is 1.60. The number of rotatable bonds is 3. The number of hydrogen-bond acceptors (Lipinski definition) is 4. The second-order valence-electron chi connectivity index (χ2n) is 7.45. The van der Waals surface area contributed by atoms with Gasteiger partial charge in [0, 0.05) is 31.1 Å². The van der Waals surface area contributed by atoms with E-state index in [0.29, 0.717) is 5.92 Å². The molecule has 138 valence electrons. The smallest absolute Gasteiger partial charge is 0.215 e. The first-order chi connectivity index (χ1) is 12.7. The minimum Gasteiger partial charge on any atom is -0.370 e. The number of hydrogen-bond donors (Lipinski definition) is 3. The Morgan fingerprint density at radius 3 is 2.88 bits per heavy atom. The Labute approximate surface area is 154 Å². The number of fused-ring (bicyclic) bond motifs is 1. The van der Waals surface area contributed by atoms with Gasteiger partial charge in [-0.1, -0.05) is 30.3 Å². The van der Waals surface area contributed by atoms with Crippen molar-refractivity contribution in [3.05, 3.63) is 47.2 Å². The van der Waals surface area contributed by atoms with Crippen LogP contribution < -0.4 is 11.1 Å². The number of nitrogens with zero attached hydrogens (tertiary/aromatic N) is 3. The van der Waals surface area contributed by atoms with Crippen molar-refractivity contribution in [2.75, 3.05) is 25.0 Å². The summed E-state index contributed by atoms with van der Waals surface area (Å²) in [4.78, 5) is 2.53. The van der Waals surface area contributed by atoms with Gasteiger partial charge in [-0.3, -0.25) is 10.3 Å². The molecule has 1 atom stereocenters. The van der Waals surface area contributed by atoms with E-state index in [4.69, 9.17) is 16.2 Å². The molecule has 6 nitrogen and oxygen atoms in total. The highest BCUT2D eigenvalue weighted by Gasteiger charge is 2.29. The molecule has 6 heteroatoms. The van der Waals surface area contributed by atoms with Crippen LogP contribution in [0.2, 0.25) is 0 Å². The Hall–Kier alpha value is -2.34. The lowest BCUT2D eigenvalue weighted by Crippen LogP contribution is -2.34. The predicted octanol–water partition coefficient (Wildman–Crippen LogP) is 2.75. The minimum atomic E-state index is -0.00106. The highest BCUT2D eigenvalue weighted by atomic mass is 15.4. The molecule has 4 rings (SSSR count). The summed E-state index contributed by atoms with van der Waals surface area (Å²) >= 11 is 0. The van der Waals surface area contributed by atoms with E-state index in [-0.39, 0.29) is 5.96 Å². The third-order valence-corrected chi connectivity index (χ3v) is 5.53. The molecule has 2 aromatic rings. The molecule has 0 bridgehead atoms. The van der Waals surface area contributed by atoms with Crippen molar-refractivity contribution in [1.29, 1.82) is 5.41 Å². The van der Waals surface area contributed by atoms with E-state index in [9.17, 15) is 0 Å². The van der Waals surface area contributed by atoms with Crippen molar-refractivity contribution in [3.63, 3.8) is 0 Å². The van der Waals surface area contributed by atoms with Gasteiger partial charge >= 0.3 is 0 Å². The van der Waals surface area contributed by atoms with Gasteiger partial charge in [0.1, 0.15) is 5.82 Å². The molecular weight excluding hydrogens is 324 g/mol. The largest absolute Gasteiger partial charge is 0.370 e. The molecule has 0 spiro atoms. The molecule has 2 aliphatic heterocycles. The monoisotopic (exact) mass is 352 g/mol. The van der Waals surface area contributed by atoms with E-state index in [2.05, 4.69) is 40.5 Å². The molecule has 0 saturated carbocycles. The minimum absolute atomic E-state index is 0.00106. The van der Waals surface area contributed by atoms with Gasteiger partial charge in [0.15, 0.2) is 0 Å². The number of anilines is 1. The van der Waals surface area contributed by atoms with Gasteiger partial charge in [0.25, 0.3) is 0 Å². The molecule has 0 amide bonds. The Morgan fingerprint density at radius 1 is 1.23 bits per heavy atom. The van der Waals surface area contributed by atoms with Crippen LogP contribution in [0.1, 0.15) is 48.4 Å². The number of aromatic nitrogens is 2. The molecule has 4 N–H and O–H groups in total. The summed E-state index contributed by atoms with van der Waals surface area (Å²) in [6.07, 6.45) is 5.69. The van der Waals surface area contributed by atoms with E-state index in [0.717, 1.165) is 63.4 Å². The van der Waals surface area contributed by atoms with Crippen LogP contribution in [0.5, 0.6) is 0 Å². The number of likely N-dealkylation sites (tertiary alicyclic amines) is 1. The number of nitrogens with one attached hydrogen (secondary N) is 2. The van der Waals surface area contributed by atoms with Crippen LogP contribution >= 0.6 is 0 Å². The lowest BCUT2D eigenvalue weighted by Gasteiger charge is -2.32. The fourth-order valence-electron chi connectivity index (χ4n) is 4.30. The normalized spacial score (nSPS) is 20.8. The van der Waals surface area contributed by atoms with Crippen molar-refractivity contribution in [1.82, 2.24) is 14.7 Å². The van der Waals surface area contributed by atoms with Crippen molar-refractivity contribution < 1.29 is 0 Å². The van der Waals surface area contributed by atoms with Gasteiger partial charge in [-0.25, -0.2) is 0 Å². The zero-order valence-corrected chi connectivity index (χ0v) is 15.2. The molecule has 2 aliphatic rings. The van der Waals surface area contributed by atoms with Crippen LogP contribution in [0.4, 0.5) is 5.82 Å². The van der Waals surface area contributed by atoms with Crippen LogP contribution in [-0.2, 0) is 13.0 Å². The van der Waals surface area contributed by atoms with E-state index in [1.165, 1.54) is 17.5 Å². The fraction of sp³-hybridized carbons (Fsp3) is 0.500. The summed E-state index contributed by atoms with van der Waals surface area (Å²) in [5, 5.41) is 16.1. The average molecular weight is 352 g/mol. The third-order valence-electron chi connectivity index (χ3n) is 5.53. The van der Waals surface area contributed by atoms with E-state index < -0.39 is 0 Å². The van der Waals surface area contributed by atoms with Crippen LogP contribution in [0.3, 0.4) is 0 Å². The Kier molecular flexibility index (Phi) is 4.93. The number of piperidine rings is 1. The van der Waals surface area contributed by atoms with Crippen LogP contribution in [0.25, 0.3) is 0 Å². The maximum Gasteiger partial charge on any atom is 0.215 e. The maximum absolute atomic E-state index is 7.89. The second kappa shape index (κ2) is 7.50. The highest BCUT2D eigenvalue weighted by molar-refractivity contribution is 5.81. The van der Waals surface area contributed by atoms with Gasteiger partial charge in [-0.05, 0) is 44.2 Å². The standard InChI is InChI=1S/C20H28N6/c21-20(22)26-19-17(10-4-5-11-23-19)18(24-26)16-9-6-12-25(14-16)13-15-7-2-1-3-8-15/h1-3,7-8,16,23H,4-6,9-14H2,(H3,21,22). The van der Waals surface area contributed by atoms with Gasteiger partial charge < -0.3 is 11.1 Å². The molecule has 0 aliphatic carbocycles. The summed E-state index contributed by atoms with van der Waals surface area (Å²) in [7, 11) is 0. The Morgan fingerprint density at radius 2 is 2.08 bits per heavy atom. The predicted molar refractivity (Wildman–Crippen MR) is 105 cm³/mol. The van der Waals surface area contributed by atoms with Crippen molar-refractivity contribution >= 4 is 11.8 Å². The molecule has 0 radical (unpaired) electrons. The van der Waals surface area contributed by atoms with Crippen LogP contribution in [-0.4, -0.2) is 40.3 Å². The summed E-state index contributed by atoms with van der Waals surface area (Å²) in [6.45, 7) is 4.08. The van der Waals surface area contributed by atoms with E-state index in [1.54, 1.807) is 4.68 Å². The molecule has 3 heterocycles. The van der Waals surface area contributed by atoms with Gasteiger partial charge in [0.05, 0.1) is 5.69 Å². The molecule has 1 fully saturated rings. The fourth-order valence-corrected chi connectivity index (χ4v) is 4.30. The lowest BCUT2D eigenvalue weighted by atomic mass is 9.91. The first-order valence-electron chi connectivity index (χ1n) is 9.68. The first-order valence-corrected chi connectivity index (χ1v) is 9.68. The lowest BCUT2D eigenvalue weighted by molar-refractivity contribution is 0.198. The number of nitrogens with two attached hydrogens (primary N) is 1. The Bertz CT molecular complexity index is 766. The van der Waals surface area contributed by atoms with E-state index >= 15 is 0 Å². The van der Waals surface area contributed by atoms with Crippen molar-refractivity contribution in [3.8, 4) is 0 Å². The number of nitrogen functional groups attached to an aromatic ring is 1. The average Bonchev–Trinajstić information content (AvgIpc) is 2.85. The summed E-state index contributed by atoms with van der Waals surface area (Å²) in [5.74, 6) is 1.37. The van der Waals surface area contributed by atoms with Gasteiger partial charge in [-0.15, -0.1) is 0 Å². The molecule has 1 saturated heterocycles. The summed E-state index contributed by atoms with van der Waals surface area (Å²) in [6, 6.07) is 10.7. The third kappa shape index (κ3) is 3.46. The maximum atomic E-state index is 7.89.